The van der Waals surface area contributed by atoms with E-state index in [0.717, 1.165) is 38.2 Å². The third-order valence-corrected chi connectivity index (χ3v) is 5.69. The standard InChI is InChI=1S/C16H22Br3NO/c1-2-20-15(11-6-4-3-5-7-11)10-21-16-13(18)8-12(17)9-14(16)19/h8-9,11,15,20H,2-7,10H2,1H3. The molecule has 0 spiro atoms. The van der Waals surface area contributed by atoms with E-state index in [0.29, 0.717) is 6.04 Å². The molecule has 0 aromatic heterocycles. The molecular formula is C16H22Br3NO. The first-order valence-corrected chi connectivity index (χ1v) is 10.0. The van der Waals surface area contributed by atoms with E-state index in [1.807, 2.05) is 12.1 Å². The summed E-state index contributed by atoms with van der Waals surface area (Å²) in [6, 6.07) is 4.48. The maximum Gasteiger partial charge on any atom is 0.147 e. The van der Waals surface area contributed by atoms with E-state index in [9.17, 15) is 0 Å². The van der Waals surface area contributed by atoms with Crippen molar-refractivity contribution in [2.45, 2.75) is 45.1 Å². The van der Waals surface area contributed by atoms with Crippen LogP contribution in [0, 0.1) is 5.92 Å². The summed E-state index contributed by atoms with van der Waals surface area (Å²) in [5, 5.41) is 3.61. The molecule has 1 saturated carbocycles. The summed E-state index contributed by atoms with van der Waals surface area (Å²) in [4.78, 5) is 0. The van der Waals surface area contributed by atoms with Gasteiger partial charge in [0.2, 0.25) is 0 Å². The van der Waals surface area contributed by atoms with E-state index in [1.165, 1.54) is 32.1 Å². The molecule has 0 aliphatic heterocycles. The zero-order chi connectivity index (χ0) is 15.2. The summed E-state index contributed by atoms with van der Waals surface area (Å²) in [6.07, 6.45) is 6.75. The molecule has 1 aromatic carbocycles. The van der Waals surface area contributed by atoms with Crippen molar-refractivity contribution >= 4 is 47.8 Å². The van der Waals surface area contributed by atoms with E-state index in [-0.39, 0.29) is 0 Å². The Balaban J connectivity index is 2.01. The summed E-state index contributed by atoms with van der Waals surface area (Å²) in [5.74, 6) is 1.63. The Hall–Kier alpha value is 0.420. The van der Waals surface area contributed by atoms with E-state index >= 15 is 0 Å². The number of hydrogen-bond donors (Lipinski definition) is 1. The third-order valence-electron chi connectivity index (χ3n) is 4.06. The van der Waals surface area contributed by atoms with Gasteiger partial charge in [0.05, 0.1) is 8.95 Å². The second-order valence-corrected chi connectivity index (χ2v) is 8.20. The van der Waals surface area contributed by atoms with Gasteiger partial charge in [-0.1, -0.05) is 42.1 Å². The maximum absolute atomic E-state index is 6.11. The van der Waals surface area contributed by atoms with Crippen LogP contribution in [0.5, 0.6) is 5.75 Å². The lowest BCUT2D eigenvalue weighted by Gasteiger charge is -2.31. The van der Waals surface area contributed by atoms with Crippen LogP contribution in [0.4, 0.5) is 0 Å². The van der Waals surface area contributed by atoms with Crippen molar-refractivity contribution in [2.75, 3.05) is 13.2 Å². The quantitative estimate of drug-likeness (QED) is 0.543. The number of ether oxygens (including phenoxy) is 1. The summed E-state index contributed by atoms with van der Waals surface area (Å²) in [7, 11) is 0. The highest BCUT2D eigenvalue weighted by molar-refractivity contribution is 9.11. The van der Waals surface area contributed by atoms with Gasteiger partial charge in [-0.25, -0.2) is 0 Å². The highest BCUT2D eigenvalue weighted by atomic mass is 79.9. The van der Waals surface area contributed by atoms with Gasteiger partial charge in [0.25, 0.3) is 0 Å². The first kappa shape index (κ1) is 17.8. The van der Waals surface area contributed by atoms with Gasteiger partial charge < -0.3 is 10.1 Å². The summed E-state index contributed by atoms with van der Waals surface area (Å²) in [5.41, 5.74) is 0. The molecule has 1 fully saturated rings. The number of nitrogens with one attached hydrogen (secondary N) is 1. The molecule has 0 saturated heterocycles. The van der Waals surface area contributed by atoms with Gasteiger partial charge >= 0.3 is 0 Å². The van der Waals surface area contributed by atoms with Crippen molar-refractivity contribution in [3.05, 3.63) is 25.6 Å². The first-order chi connectivity index (χ1) is 10.1. The molecule has 2 nitrogen and oxygen atoms in total. The van der Waals surface area contributed by atoms with Crippen molar-refractivity contribution in [3.8, 4) is 5.75 Å². The Morgan fingerprint density at radius 1 is 1.14 bits per heavy atom. The molecule has 1 aliphatic rings. The zero-order valence-corrected chi connectivity index (χ0v) is 17.1. The van der Waals surface area contributed by atoms with Gasteiger partial charge in [-0.3, -0.25) is 0 Å². The lowest BCUT2D eigenvalue weighted by molar-refractivity contribution is 0.186. The van der Waals surface area contributed by atoms with Gasteiger partial charge in [-0.15, -0.1) is 0 Å². The van der Waals surface area contributed by atoms with Crippen LogP contribution >= 0.6 is 47.8 Å². The van der Waals surface area contributed by atoms with Crippen LogP contribution in [0.15, 0.2) is 25.6 Å². The van der Waals surface area contributed by atoms with Gasteiger partial charge in [-0.05, 0) is 69.3 Å². The van der Waals surface area contributed by atoms with E-state index in [1.54, 1.807) is 0 Å². The molecule has 1 aliphatic carbocycles. The smallest absolute Gasteiger partial charge is 0.147 e. The lowest BCUT2D eigenvalue weighted by Crippen LogP contribution is -2.41. The minimum absolute atomic E-state index is 0.442. The Kier molecular flexibility index (Phi) is 7.53. The Bertz CT molecular complexity index is 438. The highest BCUT2D eigenvalue weighted by Crippen LogP contribution is 2.37. The van der Waals surface area contributed by atoms with Crippen LogP contribution in [0.25, 0.3) is 0 Å². The van der Waals surface area contributed by atoms with Crippen LogP contribution < -0.4 is 10.1 Å². The number of rotatable bonds is 6. The van der Waals surface area contributed by atoms with E-state index < -0.39 is 0 Å². The summed E-state index contributed by atoms with van der Waals surface area (Å²) in [6.45, 7) is 3.88. The molecule has 0 bridgehead atoms. The minimum atomic E-state index is 0.442. The number of likely N-dealkylation sites (N-methyl/N-ethyl adjacent to an activating group) is 1. The molecule has 0 radical (unpaired) electrons. The van der Waals surface area contributed by atoms with Crippen LogP contribution in [0.3, 0.4) is 0 Å². The second kappa shape index (κ2) is 8.90. The average molecular weight is 484 g/mol. The van der Waals surface area contributed by atoms with Crippen LogP contribution in [-0.2, 0) is 0 Å². The SMILES string of the molecule is CCNC(COc1c(Br)cc(Br)cc1Br)C1CCCCC1. The number of hydrogen-bond acceptors (Lipinski definition) is 2. The molecule has 2 rings (SSSR count). The second-order valence-electron chi connectivity index (χ2n) is 5.57. The van der Waals surface area contributed by atoms with Crippen molar-refractivity contribution in [1.29, 1.82) is 0 Å². The molecule has 1 unspecified atom stereocenters. The van der Waals surface area contributed by atoms with Gasteiger partial charge in [0.1, 0.15) is 12.4 Å². The zero-order valence-electron chi connectivity index (χ0n) is 12.3. The molecule has 1 N–H and O–H groups in total. The molecule has 1 aromatic rings. The fourth-order valence-electron chi connectivity index (χ4n) is 3.00. The Labute approximate surface area is 152 Å². The highest BCUT2D eigenvalue weighted by Gasteiger charge is 2.24. The predicted molar refractivity (Wildman–Crippen MR) is 99.1 cm³/mol. The molecule has 0 heterocycles. The van der Waals surface area contributed by atoms with E-state index in [2.05, 4.69) is 60.0 Å². The van der Waals surface area contributed by atoms with Gasteiger partial charge in [0.15, 0.2) is 0 Å². The van der Waals surface area contributed by atoms with Crippen molar-refractivity contribution in [1.82, 2.24) is 5.32 Å². The largest absolute Gasteiger partial charge is 0.490 e. The fraction of sp³-hybridized carbons (Fsp3) is 0.625. The molecular weight excluding hydrogens is 462 g/mol. The predicted octanol–water partition coefficient (Wildman–Crippen LogP) is 5.91. The van der Waals surface area contributed by atoms with Gasteiger partial charge in [-0.2, -0.15) is 0 Å². The van der Waals surface area contributed by atoms with Crippen molar-refractivity contribution in [2.24, 2.45) is 5.92 Å². The molecule has 118 valence electrons. The normalized spacial score (nSPS) is 17.7. The lowest BCUT2D eigenvalue weighted by atomic mass is 9.84. The molecule has 5 heteroatoms. The topological polar surface area (TPSA) is 21.3 Å². The summed E-state index contributed by atoms with van der Waals surface area (Å²) < 4.78 is 9.09. The average Bonchev–Trinajstić information content (AvgIpc) is 2.46. The number of benzene rings is 1. The monoisotopic (exact) mass is 481 g/mol. The van der Waals surface area contributed by atoms with Crippen LogP contribution in [-0.4, -0.2) is 19.2 Å². The van der Waals surface area contributed by atoms with Crippen molar-refractivity contribution in [3.63, 3.8) is 0 Å². The minimum Gasteiger partial charge on any atom is -0.490 e. The van der Waals surface area contributed by atoms with Gasteiger partial charge in [0, 0.05) is 10.5 Å². The summed E-state index contributed by atoms with van der Waals surface area (Å²) >= 11 is 10.6. The Morgan fingerprint density at radius 2 is 1.76 bits per heavy atom. The molecule has 0 amide bonds. The third kappa shape index (κ3) is 5.22. The first-order valence-electron chi connectivity index (χ1n) is 7.62. The van der Waals surface area contributed by atoms with Crippen LogP contribution in [0.1, 0.15) is 39.0 Å². The maximum atomic E-state index is 6.11. The van der Waals surface area contributed by atoms with Crippen LogP contribution in [0.2, 0.25) is 0 Å². The molecule has 21 heavy (non-hydrogen) atoms. The Morgan fingerprint density at radius 3 is 2.33 bits per heavy atom. The fourth-order valence-corrected chi connectivity index (χ4v) is 5.49. The number of halogens is 3. The molecule has 1 atom stereocenters. The van der Waals surface area contributed by atoms with Crippen molar-refractivity contribution < 1.29 is 4.74 Å². The van der Waals surface area contributed by atoms with E-state index in [4.69, 9.17) is 4.74 Å².